The first-order valence-electron chi connectivity index (χ1n) is 5.81. The second-order valence-corrected chi connectivity index (χ2v) is 4.38. The molecular formula is C13H19FN2O. The van der Waals surface area contributed by atoms with E-state index < -0.39 is 5.82 Å². The fourth-order valence-electron chi connectivity index (χ4n) is 1.64. The molecule has 1 rings (SSSR count). The van der Waals surface area contributed by atoms with Crippen molar-refractivity contribution in [2.45, 2.75) is 20.3 Å². The lowest BCUT2D eigenvalue weighted by molar-refractivity contribution is -0.119. The van der Waals surface area contributed by atoms with Crippen LogP contribution in [-0.2, 0) is 4.79 Å². The number of carbonyl (C=O) groups is 1. The monoisotopic (exact) mass is 238 g/mol. The molecule has 0 atom stereocenters. The van der Waals surface area contributed by atoms with Gasteiger partial charge in [0, 0.05) is 19.5 Å². The number of hydrogen-bond donors (Lipinski definition) is 1. The van der Waals surface area contributed by atoms with E-state index in [1.807, 2.05) is 13.8 Å². The molecule has 1 aromatic carbocycles. The van der Waals surface area contributed by atoms with Crippen molar-refractivity contribution in [3.8, 4) is 0 Å². The molecule has 0 radical (unpaired) electrons. The number of hydrogen-bond acceptors (Lipinski definition) is 2. The van der Waals surface area contributed by atoms with E-state index in [0.717, 1.165) is 0 Å². The Labute approximate surface area is 101 Å². The summed E-state index contributed by atoms with van der Waals surface area (Å²) in [7, 11) is 0. The largest absolute Gasteiger partial charge is 0.329 e. The molecule has 0 aliphatic carbocycles. The first-order chi connectivity index (χ1) is 8.06. The molecule has 0 heterocycles. The van der Waals surface area contributed by atoms with Crippen LogP contribution in [0.4, 0.5) is 10.1 Å². The second kappa shape index (κ2) is 6.35. The summed E-state index contributed by atoms with van der Waals surface area (Å²) in [5, 5.41) is 0. The predicted molar refractivity (Wildman–Crippen MR) is 67.3 cm³/mol. The second-order valence-electron chi connectivity index (χ2n) is 4.38. The number of para-hydroxylation sites is 1. The Kier molecular flexibility index (Phi) is 5.10. The average Bonchev–Trinajstić information content (AvgIpc) is 2.26. The lowest BCUT2D eigenvalue weighted by atomic mass is 10.1. The van der Waals surface area contributed by atoms with Crippen molar-refractivity contribution >= 4 is 11.6 Å². The van der Waals surface area contributed by atoms with E-state index in [4.69, 9.17) is 5.73 Å². The van der Waals surface area contributed by atoms with Gasteiger partial charge in [0.25, 0.3) is 0 Å². The highest BCUT2D eigenvalue weighted by Crippen LogP contribution is 2.20. The number of nitrogens with zero attached hydrogens (tertiary/aromatic N) is 1. The van der Waals surface area contributed by atoms with Crippen LogP contribution in [0.1, 0.15) is 20.3 Å². The van der Waals surface area contributed by atoms with Crippen LogP contribution < -0.4 is 10.6 Å². The Morgan fingerprint density at radius 3 is 2.59 bits per heavy atom. The summed E-state index contributed by atoms with van der Waals surface area (Å²) in [5.74, 6) is -0.233. The molecule has 4 heteroatoms. The molecule has 0 aliphatic heterocycles. The lowest BCUT2D eigenvalue weighted by Crippen LogP contribution is -2.36. The quantitative estimate of drug-likeness (QED) is 0.854. The normalized spacial score (nSPS) is 10.6. The number of carbonyl (C=O) groups excluding carboxylic acids is 1. The van der Waals surface area contributed by atoms with Crippen molar-refractivity contribution in [1.82, 2.24) is 0 Å². The summed E-state index contributed by atoms with van der Waals surface area (Å²) in [6, 6.07) is 6.27. The Hall–Kier alpha value is -1.42. The molecule has 94 valence electrons. The number of benzene rings is 1. The molecule has 0 fully saturated rings. The van der Waals surface area contributed by atoms with Gasteiger partial charge in [0.2, 0.25) is 5.91 Å². The molecule has 0 aliphatic rings. The zero-order valence-corrected chi connectivity index (χ0v) is 10.3. The molecule has 0 saturated carbocycles. The van der Waals surface area contributed by atoms with Gasteiger partial charge in [-0.05, 0) is 18.1 Å². The molecular weight excluding hydrogens is 219 g/mol. The predicted octanol–water partition coefficient (Wildman–Crippen LogP) is 2.16. The Balaban J connectivity index is 2.93. The molecule has 2 N–H and O–H groups in total. The Bertz CT molecular complexity index is 379. The molecule has 0 aromatic heterocycles. The molecule has 17 heavy (non-hydrogen) atoms. The van der Waals surface area contributed by atoms with Crippen LogP contribution in [0.2, 0.25) is 0 Å². The summed E-state index contributed by atoms with van der Waals surface area (Å²) < 4.78 is 13.6. The Morgan fingerprint density at radius 2 is 2.06 bits per heavy atom. The molecule has 0 unspecified atom stereocenters. The van der Waals surface area contributed by atoms with Crippen LogP contribution in [0.25, 0.3) is 0 Å². The maximum Gasteiger partial charge on any atom is 0.227 e. The van der Waals surface area contributed by atoms with Gasteiger partial charge in [0.05, 0.1) is 5.69 Å². The summed E-state index contributed by atoms with van der Waals surface area (Å²) in [6.45, 7) is 4.57. The molecule has 0 bridgehead atoms. The third-order valence-electron chi connectivity index (χ3n) is 2.38. The average molecular weight is 238 g/mol. The first-order valence-corrected chi connectivity index (χ1v) is 5.81. The van der Waals surface area contributed by atoms with Crippen LogP contribution in [0.5, 0.6) is 0 Å². The summed E-state index contributed by atoms with van der Waals surface area (Å²) in [5.41, 5.74) is 5.78. The smallest absolute Gasteiger partial charge is 0.227 e. The fourth-order valence-corrected chi connectivity index (χ4v) is 1.64. The van der Waals surface area contributed by atoms with Crippen molar-refractivity contribution in [3.05, 3.63) is 30.1 Å². The maximum absolute atomic E-state index is 13.6. The van der Waals surface area contributed by atoms with E-state index in [2.05, 4.69) is 0 Å². The summed E-state index contributed by atoms with van der Waals surface area (Å²) in [6.07, 6.45) is 0.397. The van der Waals surface area contributed by atoms with Gasteiger partial charge in [-0.15, -0.1) is 0 Å². The van der Waals surface area contributed by atoms with E-state index in [9.17, 15) is 9.18 Å². The highest BCUT2D eigenvalue weighted by Gasteiger charge is 2.18. The number of amides is 1. The van der Waals surface area contributed by atoms with Crippen LogP contribution in [0, 0.1) is 11.7 Å². The zero-order chi connectivity index (χ0) is 12.8. The third kappa shape index (κ3) is 3.82. The zero-order valence-electron chi connectivity index (χ0n) is 10.3. The van der Waals surface area contributed by atoms with Gasteiger partial charge in [-0.3, -0.25) is 4.79 Å². The van der Waals surface area contributed by atoms with Crippen molar-refractivity contribution in [3.63, 3.8) is 0 Å². The standard InChI is InChI=1S/C13H19FN2O/c1-10(2)9-13(17)16(8-7-15)12-6-4-3-5-11(12)14/h3-6,10H,7-9,15H2,1-2H3. The molecule has 0 spiro atoms. The van der Waals surface area contributed by atoms with E-state index in [1.165, 1.54) is 11.0 Å². The van der Waals surface area contributed by atoms with Crippen molar-refractivity contribution in [2.24, 2.45) is 11.7 Å². The van der Waals surface area contributed by atoms with Gasteiger partial charge in [0.15, 0.2) is 0 Å². The van der Waals surface area contributed by atoms with Gasteiger partial charge >= 0.3 is 0 Å². The van der Waals surface area contributed by atoms with Crippen LogP contribution in [-0.4, -0.2) is 19.0 Å². The number of nitrogens with two attached hydrogens (primary N) is 1. The first kappa shape index (κ1) is 13.6. The number of rotatable bonds is 5. The fraction of sp³-hybridized carbons (Fsp3) is 0.462. The highest BCUT2D eigenvalue weighted by atomic mass is 19.1. The van der Waals surface area contributed by atoms with Crippen molar-refractivity contribution < 1.29 is 9.18 Å². The summed E-state index contributed by atoms with van der Waals surface area (Å²) >= 11 is 0. The van der Waals surface area contributed by atoms with Gasteiger partial charge in [-0.2, -0.15) is 0 Å². The van der Waals surface area contributed by atoms with Gasteiger partial charge in [-0.1, -0.05) is 26.0 Å². The van der Waals surface area contributed by atoms with E-state index in [-0.39, 0.29) is 11.8 Å². The van der Waals surface area contributed by atoms with Gasteiger partial charge in [-0.25, -0.2) is 4.39 Å². The third-order valence-corrected chi connectivity index (χ3v) is 2.38. The van der Waals surface area contributed by atoms with Crippen LogP contribution >= 0.6 is 0 Å². The number of anilines is 1. The minimum atomic E-state index is -0.391. The number of halogens is 1. The van der Waals surface area contributed by atoms with E-state index in [0.29, 0.717) is 25.2 Å². The van der Waals surface area contributed by atoms with Gasteiger partial charge < -0.3 is 10.6 Å². The minimum absolute atomic E-state index is 0.0875. The summed E-state index contributed by atoms with van der Waals surface area (Å²) in [4.78, 5) is 13.4. The minimum Gasteiger partial charge on any atom is -0.329 e. The van der Waals surface area contributed by atoms with Gasteiger partial charge in [0.1, 0.15) is 5.82 Å². The molecule has 0 saturated heterocycles. The Morgan fingerprint density at radius 1 is 1.41 bits per heavy atom. The van der Waals surface area contributed by atoms with Crippen LogP contribution in [0.3, 0.4) is 0 Å². The topological polar surface area (TPSA) is 46.3 Å². The SMILES string of the molecule is CC(C)CC(=O)N(CCN)c1ccccc1F. The van der Waals surface area contributed by atoms with Crippen molar-refractivity contribution in [2.75, 3.05) is 18.0 Å². The lowest BCUT2D eigenvalue weighted by Gasteiger charge is -2.23. The molecule has 1 amide bonds. The van der Waals surface area contributed by atoms with E-state index in [1.54, 1.807) is 18.2 Å². The van der Waals surface area contributed by atoms with Crippen molar-refractivity contribution in [1.29, 1.82) is 0 Å². The molecule has 3 nitrogen and oxygen atoms in total. The molecule has 1 aromatic rings. The maximum atomic E-state index is 13.6. The van der Waals surface area contributed by atoms with E-state index >= 15 is 0 Å². The highest BCUT2D eigenvalue weighted by molar-refractivity contribution is 5.93. The van der Waals surface area contributed by atoms with Crippen LogP contribution in [0.15, 0.2) is 24.3 Å².